The molecule has 7 heteroatoms. The maximum Gasteiger partial charge on any atom is 0.302 e. The average Bonchev–Trinajstić information content (AvgIpc) is 2.89. The minimum atomic E-state index is -0.379. The van der Waals surface area contributed by atoms with E-state index in [1.54, 1.807) is 36.4 Å². The molecule has 0 bridgehead atoms. The molecule has 1 heterocycles. The summed E-state index contributed by atoms with van der Waals surface area (Å²) in [5.41, 5.74) is 1.99. The fraction of sp³-hybridized carbons (Fsp3) is 0.125. The predicted octanol–water partition coefficient (Wildman–Crippen LogP) is 4.46. The monoisotopic (exact) mass is 350 g/mol. The van der Waals surface area contributed by atoms with Crippen molar-refractivity contribution in [3.63, 3.8) is 0 Å². The lowest BCUT2D eigenvalue weighted by molar-refractivity contribution is -0.118. The maximum atomic E-state index is 11.9. The molecule has 0 unspecified atom stereocenters. The molecule has 0 atom stereocenters. The van der Waals surface area contributed by atoms with Crippen molar-refractivity contribution in [1.29, 1.82) is 0 Å². The van der Waals surface area contributed by atoms with Crippen LogP contribution in [0.25, 0.3) is 11.1 Å². The molecular weight excluding hydrogens is 339 g/mol. The van der Waals surface area contributed by atoms with E-state index < -0.39 is 0 Å². The number of rotatable bonds is 4. The number of carbonyl (C=O) groups is 1. The first-order chi connectivity index (χ1) is 11.0. The van der Waals surface area contributed by atoms with Gasteiger partial charge in [0.05, 0.1) is 0 Å². The van der Waals surface area contributed by atoms with Crippen molar-refractivity contribution in [2.75, 3.05) is 11.9 Å². The van der Waals surface area contributed by atoms with E-state index in [0.29, 0.717) is 26.9 Å². The summed E-state index contributed by atoms with van der Waals surface area (Å²) < 4.78 is 10.8. The number of amides is 1. The van der Waals surface area contributed by atoms with E-state index in [1.165, 1.54) is 0 Å². The highest BCUT2D eigenvalue weighted by atomic mass is 35.5. The Morgan fingerprint density at radius 1 is 1.26 bits per heavy atom. The van der Waals surface area contributed by atoms with Crippen molar-refractivity contribution in [2.45, 2.75) is 6.92 Å². The molecule has 1 amide bonds. The number of benzene rings is 2. The van der Waals surface area contributed by atoms with E-state index in [9.17, 15) is 4.79 Å². The first-order valence-electron chi connectivity index (χ1n) is 6.76. The van der Waals surface area contributed by atoms with Crippen LogP contribution in [0.15, 0.2) is 40.8 Å². The van der Waals surface area contributed by atoms with Crippen molar-refractivity contribution in [2.24, 2.45) is 0 Å². The number of oxazole rings is 1. The summed E-state index contributed by atoms with van der Waals surface area (Å²) in [5.74, 6) is 0.182. The Hall–Kier alpha value is -2.24. The van der Waals surface area contributed by atoms with E-state index in [4.69, 9.17) is 32.4 Å². The summed E-state index contributed by atoms with van der Waals surface area (Å²) in [4.78, 5) is 16.0. The van der Waals surface area contributed by atoms with Gasteiger partial charge < -0.3 is 9.15 Å². The number of halogens is 2. The van der Waals surface area contributed by atoms with Crippen LogP contribution >= 0.6 is 23.2 Å². The van der Waals surface area contributed by atoms with Crippen LogP contribution in [0, 0.1) is 6.92 Å². The first-order valence-corrected chi connectivity index (χ1v) is 7.52. The van der Waals surface area contributed by atoms with E-state index in [0.717, 1.165) is 5.56 Å². The number of aromatic nitrogens is 1. The van der Waals surface area contributed by atoms with Crippen molar-refractivity contribution in [3.05, 3.63) is 52.0 Å². The van der Waals surface area contributed by atoms with Gasteiger partial charge in [0, 0.05) is 10.0 Å². The molecule has 0 aliphatic heterocycles. The van der Waals surface area contributed by atoms with Crippen LogP contribution in [0.1, 0.15) is 5.56 Å². The zero-order chi connectivity index (χ0) is 16.4. The molecule has 0 radical (unpaired) electrons. The zero-order valence-corrected chi connectivity index (χ0v) is 13.6. The Labute approximate surface area is 142 Å². The fourth-order valence-electron chi connectivity index (χ4n) is 1.97. The molecule has 0 aliphatic carbocycles. The third-order valence-corrected chi connectivity index (χ3v) is 3.75. The van der Waals surface area contributed by atoms with Gasteiger partial charge >= 0.3 is 6.01 Å². The molecule has 2 aromatic carbocycles. The standard InChI is InChI=1S/C16H12Cl2N2O3/c1-9-6-11(3-4-12(9)18)22-8-15(21)20-16-19-13-7-10(17)2-5-14(13)23-16/h2-7H,8H2,1H3,(H,19,20,21). The van der Waals surface area contributed by atoms with E-state index in [2.05, 4.69) is 10.3 Å². The van der Waals surface area contributed by atoms with E-state index in [-0.39, 0.29) is 18.5 Å². The first kappa shape index (κ1) is 15.6. The van der Waals surface area contributed by atoms with Crippen LogP contribution in [0.2, 0.25) is 10.0 Å². The largest absolute Gasteiger partial charge is 0.484 e. The summed E-state index contributed by atoms with van der Waals surface area (Å²) >= 11 is 11.8. The summed E-state index contributed by atoms with van der Waals surface area (Å²) in [6.45, 7) is 1.69. The van der Waals surface area contributed by atoms with Gasteiger partial charge in [0.1, 0.15) is 11.3 Å². The van der Waals surface area contributed by atoms with Gasteiger partial charge in [0.15, 0.2) is 12.2 Å². The molecule has 0 saturated heterocycles. The molecule has 3 rings (SSSR count). The molecule has 1 aromatic heterocycles. The second-order valence-electron chi connectivity index (χ2n) is 4.88. The molecule has 5 nitrogen and oxygen atoms in total. The Balaban J connectivity index is 1.62. The Morgan fingerprint density at radius 3 is 2.87 bits per heavy atom. The Morgan fingerprint density at radius 2 is 2.09 bits per heavy atom. The number of nitrogens with one attached hydrogen (secondary N) is 1. The minimum absolute atomic E-state index is 0.100. The maximum absolute atomic E-state index is 11.9. The molecule has 23 heavy (non-hydrogen) atoms. The van der Waals surface area contributed by atoms with Crippen LogP contribution < -0.4 is 10.1 Å². The van der Waals surface area contributed by atoms with Crippen molar-refractivity contribution in [3.8, 4) is 5.75 Å². The third-order valence-electron chi connectivity index (χ3n) is 3.10. The van der Waals surface area contributed by atoms with Crippen LogP contribution in [0.5, 0.6) is 5.75 Å². The van der Waals surface area contributed by atoms with E-state index in [1.807, 2.05) is 6.92 Å². The number of anilines is 1. The summed E-state index contributed by atoms with van der Waals surface area (Å²) in [6.07, 6.45) is 0. The quantitative estimate of drug-likeness (QED) is 0.754. The molecule has 0 saturated carbocycles. The van der Waals surface area contributed by atoms with Gasteiger partial charge in [0.2, 0.25) is 0 Å². The smallest absolute Gasteiger partial charge is 0.302 e. The topological polar surface area (TPSA) is 64.4 Å². The third kappa shape index (κ3) is 3.75. The molecule has 0 spiro atoms. The molecule has 3 aromatic rings. The zero-order valence-electron chi connectivity index (χ0n) is 12.1. The number of nitrogens with zero attached hydrogens (tertiary/aromatic N) is 1. The highest BCUT2D eigenvalue weighted by Crippen LogP contribution is 2.23. The van der Waals surface area contributed by atoms with Crippen molar-refractivity contribution >= 4 is 46.2 Å². The SMILES string of the molecule is Cc1cc(OCC(=O)Nc2nc3cc(Cl)ccc3o2)ccc1Cl. The number of ether oxygens (including phenoxy) is 1. The van der Waals surface area contributed by atoms with E-state index >= 15 is 0 Å². The van der Waals surface area contributed by atoms with Gasteiger partial charge in [-0.3, -0.25) is 10.1 Å². The Bertz CT molecular complexity index is 877. The molecular formula is C16H12Cl2N2O3. The number of hydrogen-bond donors (Lipinski definition) is 1. The van der Waals surface area contributed by atoms with Gasteiger partial charge in [0.25, 0.3) is 5.91 Å². The van der Waals surface area contributed by atoms with Crippen molar-refractivity contribution in [1.82, 2.24) is 4.98 Å². The fourth-order valence-corrected chi connectivity index (χ4v) is 2.25. The summed E-state index contributed by atoms with van der Waals surface area (Å²) in [7, 11) is 0. The van der Waals surface area contributed by atoms with Gasteiger partial charge in [-0.2, -0.15) is 4.98 Å². The number of aryl methyl sites for hydroxylation is 1. The number of carbonyl (C=O) groups excluding carboxylic acids is 1. The second-order valence-corrected chi connectivity index (χ2v) is 5.72. The minimum Gasteiger partial charge on any atom is -0.484 e. The van der Waals surface area contributed by atoms with Gasteiger partial charge in [-0.05, 0) is 48.9 Å². The predicted molar refractivity (Wildman–Crippen MR) is 89.3 cm³/mol. The normalized spacial score (nSPS) is 10.7. The highest BCUT2D eigenvalue weighted by Gasteiger charge is 2.10. The molecule has 118 valence electrons. The van der Waals surface area contributed by atoms with Crippen LogP contribution in [-0.4, -0.2) is 17.5 Å². The second kappa shape index (κ2) is 6.48. The van der Waals surface area contributed by atoms with Crippen LogP contribution in [-0.2, 0) is 4.79 Å². The lowest BCUT2D eigenvalue weighted by atomic mass is 10.2. The molecule has 0 fully saturated rings. The van der Waals surface area contributed by atoms with Gasteiger partial charge in [-0.1, -0.05) is 23.2 Å². The molecule has 1 N–H and O–H groups in total. The van der Waals surface area contributed by atoms with Crippen LogP contribution in [0.3, 0.4) is 0 Å². The summed E-state index contributed by atoms with van der Waals surface area (Å²) in [5, 5.41) is 3.73. The molecule has 0 aliphatic rings. The number of fused-ring (bicyclic) bond motifs is 1. The number of hydrogen-bond acceptors (Lipinski definition) is 4. The van der Waals surface area contributed by atoms with Crippen LogP contribution in [0.4, 0.5) is 6.01 Å². The van der Waals surface area contributed by atoms with Crippen molar-refractivity contribution < 1.29 is 13.9 Å². The van der Waals surface area contributed by atoms with Gasteiger partial charge in [-0.25, -0.2) is 0 Å². The highest BCUT2D eigenvalue weighted by molar-refractivity contribution is 6.31. The van der Waals surface area contributed by atoms with Gasteiger partial charge in [-0.15, -0.1) is 0 Å². The Kier molecular flexibility index (Phi) is 4.41. The lowest BCUT2D eigenvalue weighted by Gasteiger charge is -2.06. The lowest BCUT2D eigenvalue weighted by Crippen LogP contribution is -2.20. The summed E-state index contributed by atoms with van der Waals surface area (Å²) in [6, 6.07) is 10.3. The average molecular weight is 351 g/mol.